The van der Waals surface area contributed by atoms with Gasteiger partial charge in [0, 0.05) is 22.7 Å². The lowest BCUT2D eigenvalue weighted by atomic mass is 10.1. The number of hydrogen-bond donors (Lipinski definition) is 1. The van der Waals surface area contributed by atoms with Gasteiger partial charge in [-0.2, -0.15) is 0 Å². The molecule has 0 aromatic heterocycles. The maximum absolute atomic E-state index is 12.2. The van der Waals surface area contributed by atoms with E-state index in [4.69, 9.17) is 4.74 Å². The van der Waals surface area contributed by atoms with E-state index in [2.05, 4.69) is 5.32 Å². The highest BCUT2D eigenvalue weighted by Crippen LogP contribution is 2.33. The van der Waals surface area contributed by atoms with Crippen molar-refractivity contribution in [1.82, 2.24) is 0 Å². The number of nitro groups is 1. The minimum atomic E-state index is -0.506. The van der Waals surface area contributed by atoms with Gasteiger partial charge >= 0.3 is 5.69 Å². The van der Waals surface area contributed by atoms with Crippen LogP contribution in [0.4, 0.5) is 11.4 Å². The molecule has 0 bridgehead atoms. The van der Waals surface area contributed by atoms with Crippen LogP contribution < -0.4 is 10.1 Å². The summed E-state index contributed by atoms with van der Waals surface area (Å²) in [5, 5.41) is 13.8. The molecule has 0 saturated heterocycles. The molecule has 1 amide bonds. The van der Waals surface area contributed by atoms with Gasteiger partial charge in [0.15, 0.2) is 5.75 Å². The number of benzene rings is 2. The number of methoxy groups -OCH3 is 1. The number of anilines is 1. The number of thioether (sulfide) groups is 1. The second-order valence-electron chi connectivity index (χ2n) is 5.70. The van der Waals surface area contributed by atoms with Crippen LogP contribution in [0.25, 0.3) is 0 Å². The van der Waals surface area contributed by atoms with E-state index in [-0.39, 0.29) is 23.1 Å². The number of nitrogens with one attached hydrogen (secondary N) is 1. The third-order valence-electron chi connectivity index (χ3n) is 3.70. The van der Waals surface area contributed by atoms with Gasteiger partial charge in [-0.05, 0) is 38.0 Å². The number of ether oxygens (including phenoxy) is 1. The highest BCUT2D eigenvalue weighted by Gasteiger charge is 2.18. The maximum atomic E-state index is 12.2. The van der Waals surface area contributed by atoms with Crippen LogP contribution in [0.1, 0.15) is 16.7 Å². The summed E-state index contributed by atoms with van der Waals surface area (Å²) >= 11 is 1.46. The molecule has 0 heterocycles. The van der Waals surface area contributed by atoms with Crippen LogP contribution >= 0.6 is 11.8 Å². The molecule has 0 saturated carbocycles. The van der Waals surface area contributed by atoms with E-state index < -0.39 is 4.92 Å². The van der Waals surface area contributed by atoms with Gasteiger partial charge in [-0.15, -0.1) is 11.8 Å². The van der Waals surface area contributed by atoms with E-state index >= 15 is 0 Å². The summed E-state index contributed by atoms with van der Waals surface area (Å²) in [5.41, 5.74) is 3.26. The first-order valence-electron chi connectivity index (χ1n) is 7.64. The monoisotopic (exact) mass is 360 g/mol. The van der Waals surface area contributed by atoms with Crippen molar-refractivity contribution in [3.05, 3.63) is 57.1 Å². The Hall–Kier alpha value is -2.54. The second-order valence-corrected chi connectivity index (χ2v) is 6.72. The molecule has 2 aromatic rings. The minimum Gasteiger partial charge on any atom is -0.490 e. The molecule has 0 unspecified atom stereocenters. The number of amides is 1. The first-order valence-corrected chi connectivity index (χ1v) is 8.63. The summed E-state index contributed by atoms with van der Waals surface area (Å²) in [6.07, 6.45) is 0. The predicted octanol–water partition coefficient (Wildman–Crippen LogP) is 4.26. The van der Waals surface area contributed by atoms with Crippen molar-refractivity contribution in [1.29, 1.82) is 0 Å². The quantitative estimate of drug-likeness (QED) is 0.473. The smallest absolute Gasteiger partial charge is 0.311 e. The number of hydrogen-bond acceptors (Lipinski definition) is 5. The normalized spacial score (nSPS) is 10.4. The average Bonchev–Trinajstić information content (AvgIpc) is 2.57. The van der Waals surface area contributed by atoms with E-state index in [1.165, 1.54) is 31.0 Å². The van der Waals surface area contributed by atoms with Crippen LogP contribution in [0, 0.1) is 30.9 Å². The molecular weight excluding hydrogens is 340 g/mol. The fraction of sp³-hybridized carbons (Fsp3) is 0.278. The van der Waals surface area contributed by atoms with Crippen LogP contribution in [-0.2, 0) is 4.79 Å². The molecule has 0 fully saturated rings. The Labute approximate surface area is 150 Å². The van der Waals surface area contributed by atoms with Crippen LogP contribution in [0.15, 0.2) is 35.2 Å². The standard InChI is InChI=1S/C18H20N2O4S/c1-11-5-6-12(2)17(7-11)25-10-18(21)19-14-9-16(24-4)15(20(22)23)8-13(14)3/h5-9H,10H2,1-4H3,(H,19,21). The zero-order valence-electron chi connectivity index (χ0n) is 14.6. The van der Waals surface area contributed by atoms with Gasteiger partial charge in [0.25, 0.3) is 0 Å². The molecule has 132 valence electrons. The van der Waals surface area contributed by atoms with Gasteiger partial charge in [-0.25, -0.2) is 0 Å². The van der Waals surface area contributed by atoms with Crippen molar-refractivity contribution < 1.29 is 14.5 Å². The Bertz CT molecular complexity index is 821. The third kappa shape index (κ3) is 4.73. The zero-order valence-corrected chi connectivity index (χ0v) is 15.4. The molecule has 25 heavy (non-hydrogen) atoms. The summed E-state index contributed by atoms with van der Waals surface area (Å²) < 4.78 is 5.04. The van der Waals surface area contributed by atoms with Crippen molar-refractivity contribution >= 4 is 29.0 Å². The number of carbonyl (C=O) groups is 1. The Kier molecular flexibility index (Phi) is 6.03. The second kappa shape index (κ2) is 8.02. The lowest BCUT2D eigenvalue weighted by molar-refractivity contribution is -0.385. The Morgan fingerprint density at radius 3 is 2.56 bits per heavy atom. The summed E-state index contributed by atoms with van der Waals surface area (Å²) in [4.78, 5) is 23.8. The van der Waals surface area contributed by atoms with E-state index in [1.807, 2.05) is 32.0 Å². The van der Waals surface area contributed by atoms with Gasteiger partial charge in [0.05, 0.1) is 17.8 Å². The molecule has 2 aromatic carbocycles. The maximum Gasteiger partial charge on any atom is 0.311 e. The molecule has 0 aliphatic carbocycles. The number of rotatable bonds is 6. The molecule has 0 atom stereocenters. The number of nitrogens with zero attached hydrogens (tertiary/aromatic N) is 1. The average molecular weight is 360 g/mol. The van der Waals surface area contributed by atoms with E-state index in [0.29, 0.717) is 11.3 Å². The summed E-state index contributed by atoms with van der Waals surface area (Å²) in [5.74, 6) is 0.196. The molecule has 0 spiro atoms. The van der Waals surface area contributed by atoms with Crippen molar-refractivity contribution in [3.8, 4) is 5.75 Å². The zero-order chi connectivity index (χ0) is 18.6. The van der Waals surface area contributed by atoms with Crippen molar-refractivity contribution in [3.63, 3.8) is 0 Å². The fourth-order valence-electron chi connectivity index (χ4n) is 2.31. The molecule has 0 aliphatic rings. The molecule has 1 N–H and O–H groups in total. The molecule has 7 heteroatoms. The van der Waals surface area contributed by atoms with E-state index in [1.54, 1.807) is 6.92 Å². The lowest BCUT2D eigenvalue weighted by Crippen LogP contribution is -2.15. The van der Waals surface area contributed by atoms with Crippen LogP contribution in [-0.4, -0.2) is 23.7 Å². The fourth-order valence-corrected chi connectivity index (χ4v) is 3.23. The topological polar surface area (TPSA) is 81.5 Å². The van der Waals surface area contributed by atoms with E-state index in [0.717, 1.165) is 16.0 Å². The molecule has 0 radical (unpaired) electrons. The van der Waals surface area contributed by atoms with Crippen molar-refractivity contribution in [2.75, 3.05) is 18.2 Å². The largest absolute Gasteiger partial charge is 0.490 e. The van der Waals surface area contributed by atoms with Crippen molar-refractivity contribution in [2.24, 2.45) is 0 Å². The molecule has 6 nitrogen and oxygen atoms in total. The van der Waals surface area contributed by atoms with Crippen LogP contribution in [0.5, 0.6) is 5.75 Å². The third-order valence-corrected chi connectivity index (χ3v) is 4.86. The van der Waals surface area contributed by atoms with Gasteiger partial charge in [0.1, 0.15) is 0 Å². The molecule has 2 rings (SSSR count). The molecular formula is C18H20N2O4S. The molecule has 0 aliphatic heterocycles. The highest BCUT2D eigenvalue weighted by molar-refractivity contribution is 8.00. The van der Waals surface area contributed by atoms with Crippen LogP contribution in [0.3, 0.4) is 0 Å². The van der Waals surface area contributed by atoms with Crippen LogP contribution in [0.2, 0.25) is 0 Å². The van der Waals surface area contributed by atoms with Gasteiger partial charge in [-0.1, -0.05) is 17.7 Å². The number of carbonyl (C=O) groups excluding carboxylic acids is 1. The number of aryl methyl sites for hydroxylation is 3. The SMILES string of the molecule is COc1cc(NC(=O)CSc2cc(C)ccc2C)c(C)cc1[N+](=O)[O-]. The Balaban J connectivity index is 2.10. The Morgan fingerprint density at radius 2 is 1.92 bits per heavy atom. The van der Waals surface area contributed by atoms with E-state index in [9.17, 15) is 14.9 Å². The minimum absolute atomic E-state index is 0.119. The van der Waals surface area contributed by atoms with Gasteiger partial charge < -0.3 is 10.1 Å². The predicted molar refractivity (Wildman–Crippen MR) is 99.7 cm³/mol. The first-order chi connectivity index (χ1) is 11.8. The van der Waals surface area contributed by atoms with Crippen molar-refractivity contribution in [2.45, 2.75) is 25.7 Å². The first kappa shape index (κ1) is 18.8. The van der Waals surface area contributed by atoms with Gasteiger partial charge in [0.2, 0.25) is 5.91 Å². The summed E-state index contributed by atoms with van der Waals surface area (Å²) in [6.45, 7) is 5.72. The van der Waals surface area contributed by atoms with Gasteiger partial charge in [-0.3, -0.25) is 14.9 Å². The lowest BCUT2D eigenvalue weighted by Gasteiger charge is -2.11. The summed E-state index contributed by atoms with van der Waals surface area (Å²) in [7, 11) is 1.36. The Morgan fingerprint density at radius 1 is 1.20 bits per heavy atom. The number of nitro benzene ring substituents is 1. The summed E-state index contributed by atoms with van der Waals surface area (Å²) in [6, 6.07) is 8.99. The highest BCUT2D eigenvalue weighted by atomic mass is 32.2.